The van der Waals surface area contributed by atoms with Crippen molar-refractivity contribution >= 4 is 0 Å². The van der Waals surface area contributed by atoms with Crippen LogP contribution in [0.2, 0.25) is 0 Å². The fourth-order valence-corrected chi connectivity index (χ4v) is 1.57. The van der Waals surface area contributed by atoms with Gasteiger partial charge in [-0.05, 0) is 45.2 Å². The molecule has 1 rings (SSSR count). The summed E-state index contributed by atoms with van der Waals surface area (Å²) < 4.78 is 0. The lowest BCUT2D eigenvalue weighted by molar-refractivity contribution is 0.303. The van der Waals surface area contributed by atoms with Crippen LogP contribution in [-0.2, 0) is 0 Å². The summed E-state index contributed by atoms with van der Waals surface area (Å²) in [6.45, 7) is 6.84. The molecule has 72 valence electrons. The van der Waals surface area contributed by atoms with E-state index >= 15 is 0 Å². The molecule has 0 bridgehead atoms. The molecule has 1 aliphatic carbocycles. The van der Waals surface area contributed by atoms with Crippen molar-refractivity contribution in [2.45, 2.75) is 32.7 Å². The number of hydrogen-bond acceptors (Lipinski definition) is 2. The van der Waals surface area contributed by atoms with Gasteiger partial charge in [-0.2, -0.15) is 0 Å². The molecule has 1 fully saturated rings. The lowest BCUT2D eigenvalue weighted by Crippen LogP contribution is -2.27. The van der Waals surface area contributed by atoms with Crippen LogP contribution in [0.4, 0.5) is 0 Å². The summed E-state index contributed by atoms with van der Waals surface area (Å²) in [6.07, 6.45) is 2.56. The minimum Gasteiger partial charge on any atom is -0.328 e. The van der Waals surface area contributed by atoms with Gasteiger partial charge < -0.3 is 10.6 Å². The van der Waals surface area contributed by atoms with Crippen LogP contribution in [0.5, 0.6) is 0 Å². The van der Waals surface area contributed by atoms with Crippen LogP contribution in [0, 0.1) is 11.8 Å². The number of nitrogens with two attached hydrogens (primary N) is 1. The normalized spacial score (nSPS) is 30.8. The molecule has 2 heteroatoms. The van der Waals surface area contributed by atoms with E-state index in [0.717, 1.165) is 24.8 Å². The van der Waals surface area contributed by atoms with E-state index in [1.54, 1.807) is 0 Å². The van der Waals surface area contributed by atoms with Crippen molar-refractivity contribution < 1.29 is 0 Å². The molecule has 0 aromatic rings. The predicted octanol–water partition coefficient (Wildman–Crippen LogP) is 1.31. The van der Waals surface area contributed by atoms with E-state index < -0.39 is 0 Å². The van der Waals surface area contributed by atoms with Gasteiger partial charge in [-0.15, -0.1) is 0 Å². The third kappa shape index (κ3) is 3.55. The molecule has 0 spiro atoms. The van der Waals surface area contributed by atoms with Crippen LogP contribution in [-0.4, -0.2) is 31.1 Å². The summed E-state index contributed by atoms with van der Waals surface area (Å²) in [7, 11) is 2.20. The Labute approximate surface area is 76.1 Å². The summed E-state index contributed by atoms with van der Waals surface area (Å²) in [6, 6.07) is 0.351. The second-order valence-corrected chi connectivity index (χ2v) is 4.50. The maximum Gasteiger partial charge on any atom is 0.00226 e. The molecule has 2 N–H and O–H groups in total. The second-order valence-electron chi connectivity index (χ2n) is 4.50. The van der Waals surface area contributed by atoms with Crippen LogP contribution in [0.15, 0.2) is 0 Å². The maximum atomic E-state index is 5.69. The maximum absolute atomic E-state index is 5.69. The van der Waals surface area contributed by atoms with Crippen molar-refractivity contribution in [2.24, 2.45) is 17.6 Å². The molecular formula is C10H22N2. The smallest absolute Gasteiger partial charge is 0.00226 e. The molecule has 1 aliphatic rings. The first-order chi connectivity index (χ1) is 5.59. The van der Waals surface area contributed by atoms with Crippen molar-refractivity contribution in [3.05, 3.63) is 0 Å². The third-order valence-corrected chi connectivity index (χ3v) is 2.79. The summed E-state index contributed by atoms with van der Waals surface area (Å²) in [5.41, 5.74) is 5.69. The standard InChI is InChI=1S/C10H22N2/c1-8-6-10(8)7-12(3)5-4-9(2)11/h8-10H,4-7,11H2,1-3H3. The Morgan fingerprint density at radius 3 is 2.58 bits per heavy atom. The van der Waals surface area contributed by atoms with Crippen LogP contribution in [0.1, 0.15) is 26.7 Å². The average Bonchev–Trinajstić information content (AvgIpc) is 2.62. The molecule has 1 saturated carbocycles. The van der Waals surface area contributed by atoms with Gasteiger partial charge in [0.25, 0.3) is 0 Å². The van der Waals surface area contributed by atoms with Gasteiger partial charge in [0.2, 0.25) is 0 Å². The Balaban J connectivity index is 2.00. The molecule has 0 radical (unpaired) electrons. The predicted molar refractivity (Wildman–Crippen MR) is 53.0 cm³/mol. The lowest BCUT2D eigenvalue weighted by Gasteiger charge is -2.17. The highest BCUT2D eigenvalue weighted by Crippen LogP contribution is 2.37. The van der Waals surface area contributed by atoms with Gasteiger partial charge in [0.05, 0.1) is 0 Å². The number of hydrogen-bond donors (Lipinski definition) is 1. The van der Waals surface area contributed by atoms with Crippen molar-refractivity contribution in [3.8, 4) is 0 Å². The van der Waals surface area contributed by atoms with Crippen molar-refractivity contribution in [2.75, 3.05) is 20.1 Å². The Morgan fingerprint density at radius 2 is 2.17 bits per heavy atom. The van der Waals surface area contributed by atoms with E-state index in [9.17, 15) is 0 Å². The summed E-state index contributed by atoms with van der Waals surface area (Å²) in [4.78, 5) is 2.41. The van der Waals surface area contributed by atoms with Gasteiger partial charge in [0, 0.05) is 12.6 Å². The van der Waals surface area contributed by atoms with E-state index in [1.165, 1.54) is 13.0 Å². The van der Waals surface area contributed by atoms with E-state index in [2.05, 4.69) is 25.8 Å². The molecule has 0 aromatic heterocycles. The molecule has 0 saturated heterocycles. The number of nitrogens with zero attached hydrogens (tertiary/aromatic N) is 1. The first-order valence-corrected chi connectivity index (χ1v) is 5.03. The van der Waals surface area contributed by atoms with Gasteiger partial charge >= 0.3 is 0 Å². The quantitative estimate of drug-likeness (QED) is 0.674. The van der Waals surface area contributed by atoms with Crippen LogP contribution in [0.3, 0.4) is 0 Å². The SMILES string of the molecule is CC(N)CCN(C)CC1CC1C. The Kier molecular flexibility index (Phi) is 3.53. The highest BCUT2D eigenvalue weighted by Gasteiger charge is 2.32. The largest absolute Gasteiger partial charge is 0.328 e. The number of rotatable bonds is 5. The monoisotopic (exact) mass is 170 g/mol. The van der Waals surface area contributed by atoms with E-state index in [4.69, 9.17) is 5.73 Å². The summed E-state index contributed by atoms with van der Waals surface area (Å²) in [5.74, 6) is 1.95. The molecule has 3 atom stereocenters. The van der Waals surface area contributed by atoms with Crippen molar-refractivity contribution in [1.82, 2.24) is 4.90 Å². The molecule has 2 nitrogen and oxygen atoms in total. The zero-order chi connectivity index (χ0) is 9.14. The first-order valence-electron chi connectivity index (χ1n) is 5.03. The average molecular weight is 170 g/mol. The Morgan fingerprint density at radius 1 is 1.58 bits per heavy atom. The van der Waals surface area contributed by atoms with Crippen molar-refractivity contribution in [1.29, 1.82) is 0 Å². The molecular weight excluding hydrogens is 148 g/mol. The lowest BCUT2D eigenvalue weighted by atomic mass is 10.2. The van der Waals surface area contributed by atoms with Crippen molar-refractivity contribution in [3.63, 3.8) is 0 Å². The fraction of sp³-hybridized carbons (Fsp3) is 1.00. The first kappa shape index (κ1) is 10.0. The van der Waals surface area contributed by atoms with E-state index in [1.807, 2.05) is 0 Å². The van der Waals surface area contributed by atoms with Gasteiger partial charge in [0.1, 0.15) is 0 Å². The van der Waals surface area contributed by atoms with Crippen LogP contribution < -0.4 is 5.73 Å². The molecule has 0 amide bonds. The highest BCUT2D eigenvalue weighted by atomic mass is 15.1. The van der Waals surface area contributed by atoms with Gasteiger partial charge in [0.15, 0.2) is 0 Å². The summed E-state index contributed by atoms with van der Waals surface area (Å²) in [5, 5.41) is 0. The van der Waals surface area contributed by atoms with E-state index in [-0.39, 0.29) is 0 Å². The minimum absolute atomic E-state index is 0.351. The van der Waals surface area contributed by atoms with Gasteiger partial charge in [-0.3, -0.25) is 0 Å². The molecule has 0 aromatic carbocycles. The molecule has 0 heterocycles. The van der Waals surface area contributed by atoms with Crippen LogP contribution in [0.25, 0.3) is 0 Å². The third-order valence-electron chi connectivity index (χ3n) is 2.79. The molecule has 12 heavy (non-hydrogen) atoms. The zero-order valence-corrected chi connectivity index (χ0v) is 8.59. The Hall–Kier alpha value is -0.0800. The molecule has 3 unspecified atom stereocenters. The minimum atomic E-state index is 0.351. The zero-order valence-electron chi connectivity index (χ0n) is 8.59. The van der Waals surface area contributed by atoms with Gasteiger partial charge in [-0.1, -0.05) is 6.92 Å². The highest BCUT2D eigenvalue weighted by molar-refractivity contribution is 4.84. The van der Waals surface area contributed by atoms with Crippen LogP contribution >= 0.6 is 0 Å². The summed E-state index contributed by atoms with van der Waals surface area (Å²) >= 11 is 0. The topological polar surface area (TPSA) is 29.3 Å². The van der Waals surface area contributed by atoms with E-state index in [0.29, 0.717) is 6.04 Å². The fourth-order valence-electron chi connectivity index (χ4n) is 1.57. The molecule has 0 aliphatic heterocycles. The van der Waals surface area contributed by atoms with Gasteiger partial charge in [-0.25, -0.2) is 0 Å². The Bertz CT molecular complexity index is 134. The second kappa shape index (κ2) is 4.24.